The maximum absolute atomic E-state index is 14.0. The van der Waals surface area contributed by atoms with Gasteiger partial charge in [0.15, 0.2) is 0 Å². The number of hydrogen-bond acceptors (Lipinski definition) is 0. The summed E-state index contributed by atoms with van der Waals surface area (Å²) in [6, 6.07) is 5.77. The maximum atomic E-state index is 14.0. The molecule has 0 aliphatic heterocycles. The van der Waals surface area contributed by atoms with Crippen LogP contribution in [0, 0.1) is 25.5 Å². The first-order valence-corrected chi connectivity index (χ1v) is 7.53. The van der Waals surface area contributed by atoms with Gasteiger partial charge in [0.1, 0.15) is 11.6 Å². The number of halogens is 5. The Morgan fingerprint density at radius 3 is 2.15 bits per heavy atom. The van der Waals surface area contributed by atoms with Crippen molar-refractivity contribution in [2.75, 3.05) is 0 Å². The molecule has 0 radical (unpaired) electrons. The summed E-state index contributed by atoms with van der Waals surface area (Å²) in [5.74, 6) is -1.19. The summed E-state index contributed by atoms with van der Waals surface area (Å²) in [6.45, 7) is 3.74. The van der Waals surface area contributed by atoms with Crippen LogP contribution in [-0.2, 0) is 0 Å². The minimum absolute atomic E-state index is 0.205. The van der Waals surface area contributed by atoms with Gasteiger partial charge in [-0.3, -0.25) is 0 Å². The maximum Gasteiger partial charge on any atom is 0.142 e. The molecule has 1 unspecified atom stereocenters. The summed E-state index contributed by atoms with van der Waals surface area (Å²) in [6.07, 6.45) is 0. The molecular weight excluding hydrogens is 369 g/mol. The van der Waals surface area contributed by atoms with Gasteiger partial charge in [0.25, 0.3) is 0 Å². The smallest absolute Gasteiger partial charge is 0.142 e. The van der Waals surface area contributed by atoms with Crippen LogP contribution in [0.1, 0.15) is 27.1 Å². The molecule has 1 atom stereocenters. The van der Waals surface area contributed by atoms with E-state index in [4.69, 9.17) is 23.2 Å². The van der Waals surface area contributed by atoms with Crippen molar-refractivity contribution in [3.63, 3.8) is 0 Å². The van der Waals surface area contributed by atoms with E-state index in [2.05, 4.69) is 15.9 Å². The molecule has 0 saturated heterocycles. The van der Waals surface area contributed by atoms with Crippen molar-refractivity contribution in [2.45, 2.75) is 18.7 Å². The summed E-state index contributed by atoms with van der Waals surface area (Å²) < 4.78 is 27.5. The molecule has 2 aromatic carbocycles. The lowest BCUT2D eigenvalue weighted by Gasteiger charge is -2.16. The van der Waals surface area contributed by atoms with Gasteiger partial charge < -0.3 is 0 Å². The predicted octanol–water partition coefficient (Wildman–Crippen LogP) is 6.37. The molecule has 0 saturated carbocycles. The van der Waals surface area contributed by atoms with E-state index < -0.39 is 16.5 Å². The number of rotatable bonds is 2. The highest BCUT2D eigenvalue weighted by Gasteiger charge is 2.20. The first-order chi connectivity index (χ1) is 9.31. The van der Waals surface area contributed by atoms with Crippen molar-refractivity contribution >= 4 is 39.1 Å². The highest BCUT2D eigenvalue weighted by Crippen LogP contribution is 2.37. The van der Waals surface area contributed by atoms with Gasteiger partial charge in [-0.15, -0.1) is 0 Å². The SMILES string of the molecule is Cc1cc(C(Br)c2cc(F)c(Cl)cc2F)c(C)cc1Cl. The van der Waals surface area contributed by atoms with Crippen molar-refractivity contribution in [2.24, 2.45) is 0 Å². The third kappa shape index (κ3) is 3.00. The standard InChI is InChI=1S/C15H11BrCl2F2/c1-7-4-11(17)8(2)3-9(7)15(16)10-5-14(20)12(18)6-13(10)19/h3-6,15H,1-2H3. The second kappa shape index (κ2) is 6.00. The first kappa shape index (κ1) is 15.7. The lowest BCUT2D eigenvalue weighted by atomic mass is 9.98. The van der Waals surface area contributed by atoms with Crippen LogP contribution in [0.25, 0.3) is 0 Å². The van der Waals surface area contributed by atoms with Gasteiger partial charge in [-0.05, 0) is 48.7 Å². The first-order valence-electron chi connectivity index (χ1n) is 5.86. The summed E-state index contributed by atoms with van der Waals surface area (Å²) in [7, 11) is 0. The average molecular weight is 380 g/mol. The number of benzene rings is 2. The molecule has 2 aromatic rings. The third-order valence-electron chi connectivity index (χ3n) is 3.13. The van der Waals surface area contributed by atoms with Crippen LogP contribution in [0.3, 0.4) is 0 Å². The Balaban J connectivity index is 2.54. The molecule has 0 fully saturated rings. The van der Waals surface area contributed by atoms with Gasteiger partial charge in [-0.25, -0.2) is 8.78 Å². The fraction of sp³-hybridized carbons (Fsp3) is 0.200. The molecule has 0 bridgehead atoms. The molecule has 0 aliphatic carbocycles. The molecule has 2 rings (SSSR count). The van der Waals surface area contributed by atoms with Crippen molar-refractivity contribution < 1.29 is 8.78 Å². The van der Waals surface area contributed by atoms with Crippen LogP contribution >= 0.6 is 39.1 Å². The summed E-state index contributed by atoms with van der Waals surface area (Å²) >= 11 is 15.0. The van der Waals surface area contributed by atoms with Gasteiger partial charge in [-0.1, -0.05) is 45.2 Å². The van der Waals surface area contributed by atoms with E-state index in [9.17, 15) is 8.78 Å². The van der Waals surface area contributed by atoms with Gasteiger partial charge in [0.2, 0.25) is 0 Å². The quantitative estimate of drug-likeness (QED) is 0.420. The van der Waals surface area contributed by atoms with E-state index in [0.29, 0.717) is 5.02 Å². The van der Waals surface area contributed by atoms with Crippen molar-refractivity contribution in [1.29, 1.82) is 0 Å². The van der Waals surface area contributed by atoms with Crippen LogP contribution in [0.2, 0.25) is 10.0 Å². The van der Waals surface area contributed by atoms with Crippen molar-refractivity contribution in [3.8, 4) is 0 Å². The van der Waals surface area contributed by atoms with E-state index in [1.807, 2.05) is 26.0 Å². The minimum atomic E-state index is -0.643. The molecule has 0 aliphatic rings. The summed E-state index contributed by atoms with van der Waals surface area (Å²) in [5.41, 5.74) is 2.83. The lowest BCUT2D eigenvalue weighted by Crippen LogP contribution is -2.01. The van der Waals surface area contributed by atoms with Crippen LogP contribution < -0.4 is 0 Å². The normalized spacial score (nSPS) is 12.6. The monoisotopic (exact) mass is 378 g/mol. The fourth-order valence-electron chi connectivity index (χ4n) is 1.98. The highest BCUT2D eigenvalue weighted by molar-refractivity contribution is 9.09. The van der Waals surface area contributed by atoms with Crippen molar-refractivity contribution in [1.82, 2.24) is 0 Å². The highest BCUT2D eigenvalue weighted by atomic mass is 79.9. The number of aryl methyl sites for hydroxylation is 2. The zero-order valence-electron chi connectivity index (χ0n) is 10.8. The Labute approximate surface area is 134 Å². The zero-order valence-corrected chi connectivity index (χ0v) is 13.9. The Morgan fingerprint density at radius 1 is 0.850 bits per heavy atom. The van der Waals surface area contributed by atoms with E-state index in [1.165, 1.54) is 0 Å². The number of hydrogen-bond donors (Lipinski definition) is 0. The Hall–Kier alpha value is -0.640. The van der Waals surface area contributed by atoms with E-state index in [0.717, 1.165) is 28.8 Å². The molecule has 0 nitrogen and oxygen atoms in total. The molecule has 0 heterocycles. The molecular formula is C15H11BrCl2F2. The Morgan fingerprint density at radius 2 is 1.50 bits per heavy atom. The van der Waals surface area contributed by atoms with Gasteiger partial charge in [-0.2, -0.15) is 0 Å². The van der Waals surface area contributed by atoms with E-state index >= 15 is 0 Å². The lowest BCUT2D eigenvalue weighted by molar-refractivity contribution is 0.588. The largest absolute Gasteiger partial charge is 0.207 e. The average Bonchev–Trinajstić information content (AvgIpc) is 2.37. The molecule has 0 amide bonds. The van der Waals surface area contributed by atoms with E-state index in [-0.39, 0.29) is 10.6 Å². The molecule has 20 heavy (non-hydrogen) atoms. The van der Waals surface area contributed by atoms with Crippen LogP contribution in [-0.4, -0.2) is 0 Å². The van der Waals surface area contributed by atoms with Gasteiger partial charge >= 0.3 is 0 Å². The second-order valence-electron chi connectivity index (χ2n) is 4.61. The summed E-state index contributed by atoms with van der Waals surface area (Å²) in [4.78, 5) is -0.467. The molecule has 0 spiro atoms. The fourth-order valence-corrected chi connectivity index (χ4v) is 3.19. The number of alkyl halides is 1. The molecule has 5 heteroatoms. The minimum Gasteiger partial charge on any atom is -0.207 e. The van der Waals surface area contributed by atoms with Gasteiger partial charge in [0.05, 0.1) is 9.85 Å². The van der Waals surface area contributed by atoms with Crippen LogP contribution in [0.5, 0.6) is 0 Å². The van der Waals surface area contributed by atoms with Crippen molar-refractivity contribution in [3.05, 3.63) is 68.2 Å². The topological polar surface area (TPSA) is 0 Å². The third-order valence-corrected chi connectivity index (χ3v) is 4.82. The molecule has 0 N–H and O–H groups in total. The van der Waals surface area contributed by atoms with Crippen LogP contribution in [0.15, 0.2) is 24.3 Å². The predicted molar refractivity (Wildman–Crippen MR) is 83.1 cm³/mol. The Kier molecular flexibility index (Phi) is 4.73. The second-order valence-corrected chi connectivity index (χ2v) is 6.34. The van der Waals surface area contributed by atoms with E-state index in [1.54, 1.807) is 0 Å². The Bertz CT molecular complexity index is 614. The van der Waals surface area contributed by atoms with Gasteiger partial charge in [0, 0.05) is 10.6 Å². The van der Waals surface area contributed by atoms with Crippen LogP contribution in [0.4, 0.5) is 8.78 Å². The summed E-state index contributed by atoms with van der Waals surface area (Å²) in [5, 5.41) is 0.420. The molecule has 0 aromatic heterocycles. The molecule has 106 valence electrons. The zero-order chi connectivity index (χ0) is 15.0.